The van der Waals surface area contributed by atoms with E-state index in [1.807, 2.05) is 39.0 Å². The second-order valence-electron chi connectivity index (χ2n) is 12.8. The Hall–Kier alpha value is -4.85. The normalized spacial score (nSPS) is 20.1. The molecule has 1 aliphatic heterocycles. The number of benzene rings is 1. The number of nitrogens with zero attached hydrogens (tertiary/aromatic N) is 8. The second kappa shape index (κ2) is 11.4. The molecule has 0 radical (unpaired) electrons. The lowest BCUT2D eigenvalue weighted by atomic mass is 10.0. The highest BCUT2D eigenvalue weighted by Crippen LogP contribution is 2.59. The fraction of sp³-hybridized carbons (Fsp3) is 0.364. The number of Topliss-reactive ketones (excluding diaryl/α,β-unsaturated/α-hetero) is 1. The van der Waals surface area contributed by atoms with Gasteiger partial charge in [0.15, 0.2) is 5.78 Å². The van der Waals surface area contributed by atoms with Crippen molar-refractivity contribution < 1.29 is 18.8 Å². The third-order valence-corrected chi connectivity index (χ3v) is 9.42. The number of aryl methyl sites for hydroxylation is 1. The van der Waals surface area contributed by atoms with E-state index in [0.717, 1.165) is 17.5 Å². The maximum Gasteiger partial charge on any atom is 0.251 e. The van der Waals surface area contributed by atoms with Crippen LogP contribution in [0.3, 0.4) is 0 Å². The number of carbonyl (C=O) groups excluding carboxylic acids is 3. The minimum Gasteiger partial charge on any atom is -0.420 e. The summed E-state index contributed by atoms with van der Waals surface area (Å²) in [5, 5.41) is 16.4. The molecular formula is C33H32BrN9O4. The van der Waals surface area contributed by atoms with Crippen molar-refractivity contribution in [2.75, 3.05) is 5.32 Å². The van der Waals surface area contributed by atoms with Crippen molar-refractivity contribution >= 4 is 50.2 Å². The molecule has 14 heteroatoms. The van der Waals surface area contributed by atoms with Gasteiger partial charge in [-0.1, -0.05) is 26.8 Å². The molecule has 5 aromatic rings. The molecule has 0 spiro atoms. The van der Waals surface area contributed by atoms with Crippen LogP contribution >= 0.6 is 15.9 Å². The van der Waals surface area contributed by atoms with Crippen LogP contribution in [0.2, 0.25) is 0 Å². The number of pyridine rings is 1. The molecule has 13 nitrogen and oxygen atoms in total. The summed E-state index contributed by atoms with van der Waals surface area (Å²) >= 11 is 3.39. The Morgan fingerprint density at radius 2 is 1.85 bits per heavy atom. The van der Waals surface area contributed by atoms with Crippen LogP contribution in [0.25, 0.3) is 33.5 Å². The topological polar surface area (TPSA) is 162 Å². The first kappa shape index (κ1) is 30.8. The molecular weight excluding hydrogens is 666 g/mol. The molecule has 2 fully saturated rings. The van der Waals surface area contributed by atoms with Gasteiger partial charge in [0.05, 0.1) is 11.1 Å². The predicted octanol–water partition coefficient (Wildman–Crippen LogP) is 5.35. The average molecular weight is 699 g/mol. The SMILES string of the molecule is CC(=O)c1nn(CC(=O)N2[C@H](C(=O)Nc3nc(Br)ccc3-c3nnc(C(C)C)o3)C[C@@]3(C)C[C@@H]23)c2ccc(-c3cnc(C)nc3)cc12. The van der Waals surface area contributed by atoms with Crippen molar-refractivity contribution in [3.63, 3.8) is 0 Å². The number of likely N-dealkylation sites (tertiary alicyclic amines) is 1. The van der Waals surface area contributed by atoms with E-state index in [2.05, 4.69) is 58.4 Å². The molecule has 0 unspecified atom stereocenters. The summed E-state index contributed by atoms with van der Waals surface area (Å²) in [6.07, 6.45) is 4.78. The molecule has 7 rings (SSSR count). The van der Waals surface area contributed by atoms with Crippen LogP contribution in [0.4, 0.5) is 5.82 Å². The third-order valence-electron chi connectivity index (χ3n) is 8.98. The molecule has 1 saturated carbocycles. The summed E-state index contributed by atoms with van der Waals surface area (Å²) in [6.45, 7) is 9.12. The number of amides is 2. The van der Waals surface area contributed by atoms with Crippen molar-refractivity contribution in [1.82, 2.24) is 39.8 Å². The number of fused-ring (bicyclic) bond motifs is 2. The summed E-state index contributed by atoms with van der Waals surface area (Å²) in [7, 11) is 0. The molecule has 2 amide bonds. The summed E-state index contributed by atoms with van der Waals surface area (Å²) in [5.74, 6) is 0.822. The minimum atomic E-state index is -0.726. The van der Waals surface area contributed by atoms with Crippen molar-refractivity contribution in [1.29, 1.82) is 0 Å². The summed E-state index contributed by atoms with van der Waals surface area (Å²) in [4.78, 5) is 55.3. The number of piperidine rings is 1. The van der Waals surface area contributed by atoms with Gasteiger partial charge in [-0.05, 0) is 70.9 Å². The Labute approximate surface area is 278 Å². The monoisotopic (exact) mass is 697 g/mol. The quantitative estimate of drug-likeness (QED) is 0.165. The van der Waals surface area contributed by atoms with E-state index in [4.69, 9.17) is 4.42 Å². The van der Waals surface area contributed by atoms with Gasteiger partial charge >= 0.3 is 0 Å². The first-order valence-corrected chi connectivity index (χ1v) is 16.1. The minimum absolute atomic E-state index is 0.0338. The first-order valence-electron chi connectivity index (χ1n) is 15.3. The Morgan fingerprint density at radius 1 is 1.09 bits per heavy atom. The zero-order valence-electron chi connectivity index (χ0n) is 26.5. The highest BCUT2D eigenvalue weighted by atomic mass is 79.9. The van der Waals surface area contributed by atoms with Crippen LogP contribution in [0.15, 0.2) is 51.7 Å². The third kappa shape index (κ3) is 5.60. The number of hydrogen-bond acceptors (Lipinski definition) is 10. The van der Waals surface area contributed by atoms with E-state index in [-0.39, 0.29) is 58.9 Å². The fourth-order valence-electron chi connectivity index (χ4n) is 6.33. The van der Waals surface area contributed by atoms with Gasteiger partial charge < -0.3 is 14.6 Å². The number of nitrogens with one attached hydrogen (secondary N) is 1. The number of rotatable bonds is 8. The average Bonchev–Trinajstić information content (AvgIpc) is 3.38. The van der Waals surface area contributed by atoms with E-state index in [1.54, 1.807) is 34.1 Å². The number of hydrogen-bond donors (Lipinski definition) is 1. The highest BCUT2D eigenvalue weighted by Gasteiger charge is 2.64. The van der Waals surface area contributed by atoms with E-state index in [9.17, 15) is 14.4 Å². The van der Waals surface area contributed by atoms with Crippen LogP contribution in [0.5, 0.6) is 0 Å². The number of aromatic nitrogens is 7. The van der Waals surface area contributed by atoms with Gasteiger partial charge in [0.2, 0.25) is 17.7 Å². The zero-order valence-corrected chi connectivity index (χ0v) is 28.1. The zero-order chi connectivity index (χ0) is 33.2. The van der Waals surface area contributed by atoms with Gasteiger partial charge in [0.25, 0.3) is 5.89 Å². The van der Waals surface area contributed by atoms with Crippen molar-refractivity contribution in [3.05, 3.63) is 64.7 Å². The molecule has 5 heterocycles. The van der Waals surface area contributed by atoms with E-state index in [0.29, 0.717) is 39.2 Å². The Balaban J connectivity index is 1.16. The summed E-state index contributed by atoms with van der Waals surface area (Å²) in [5.41, 5.74) is 2.86. The number of ketones is 1. The second-order valence-corrected chi connectivity index (χ2v) is 13.6. The molecule has 2 aliphatic rings. The largest absolute Gasteiger partial charge is 0.420 e. The molecule has 1 N–H and O–H groups in total. The van der Waals surface area contributed by atoms with Crippen LogP contribution in [0.1, 0.15) is 68.7 Å². The molecule has 240 valence electrons. The van der Waals surface area contributed by atoms with E-state index >= 15 is 0 Å². The standard InChI is InChI=1S/C33H32BrN9O4/c1-16(2)31-39-40-32(47-31)21-7-9-26(34)37-29(21)38-30(46)24-11-33(5)12-25(33)43(24)27(45)15-42-23-8-6-19(20-13-35-18(4)36-14-20)10-22(23)28(41-42)17(3)44/h6-10,13-14,16,24-25H,11-12,15H2,1-5H3,(H,37,38,46)/t24-,25+,33-/m0/s1. The molecule has 3 atom stereocenters. The van der Waals surface area contributed by atoms with Crippen LogP contribution < -0.4 is 5.32 Å². The lowest BCUT2D eigenvalue weighted by Crippen LogP contribution is -2.47. The smallest absolute Gasteiger partial charge is 0.251 e. The molecule has 0 bridgehead atoms. The van der Waals surface area contributed by atoms with Crippen molar-refractivity contribution in [2.24, 2.45) is 5.41 Å². The molecule has 47 heavy (non-hydrogen) atoms. The van der Waals surface area contributed by atoms with Gasteiger partial charge in [-0.2, -0.15) is 5.10 Å². The van der Waals surface area contributed by atoms with Crippen LogP contribution in [0, 0.1) is 12.3 Å². The lowest BCUT2D eigenvalue weighted by molar-refractivity contribution is -0.138. The maximum atomic E-state index is 14.0. The van der Waals surface area contributed by atoms with Gasteiger partial charge in [-0.25, -0.2) is 15.0 Å². The molecule has 1 aliphatic carbocycles. The van der Waals surface area contributed by atoms with Crippen LogP contribution in [-0.2, 0) is 16.1 Å². The lowest BCUT2D eigenvalue weighted by Gasteiger charge is -2.27. The maximum absolute atomic E-state index is 14.0. The predicted molar refractivity (Wildman–Crippen MR) is 175 cm³/mol. The number of carbonyl (C=O) groups is 3. The van der Waals surface area contributed by atoms with Gasteiger partial charge in [-0.3, -0.25) is 19.1 Å². The summed E-state index contributed by atoms with van der Waals surface area (Å²) in [6, 6.07) is 8.27. The van der Waals surface area contributed by atoms with E-state index < -0.39 is 6.04 Å². The molecule has 1 aromatic carbocycles. The van der Waals surface area contributed by atoms with Crippen molar-refractivity contribution in [3.8, 4) is 22.6 Å². The Morgan fingerprint density at radius 3 is 2.55 bits per heavy atom. The van der Waals surface area contributed by atoms with Crippen LogP contribution in [-0.4, -0.2) is 69.5 Å². The van der Waals surface area contributed by atoms with Gasteiger partial charge in [-0.15, -0.1) is 10.2 Å². The molecule has 1 saturated heterocycles. The van der Waals surface area contributed by atoms with E-state index in [1.165, 1.54) is 6.92 Å². The Kier molecular flexibility index (Phi) is 7.49. The summed E-state index contributed by atoms with van der Waals surface area (Å²) < 4.78 is 7.90. The highest BCUT2D eigenvalue weighted by molar-refractivity contribution is 9.10. The molecule has 4 aromatic heterocycles. The van der Waals surface area contributed by atoms with Crippen molar-refractivity contribution in [2.45, 2.75) is 72.0 Å². The van der Waals surface area contributed by atoms with Gasteiger partial charge in [0.1, 0.15) is 34.5 Å². The van der Waals surface area contributed by atoms with Gasteiger partial charge in [0, 0.05) is 42.2 Å². The number of halogens is 1. The first-order chi connectivity index (χ1) is 22.4. The Bertz CT molecular complexity index is 2070. The fourth-order valence-corrected chi connectivity index (χ4v) is 6.64. The number of anilines is 1.